The minimum absolute atomic E-state index is 0.0249. The molecule has 74 valence electrons. The van der Waals surface area contributed by atoms with Crippen molar-refractivity contribution in [3.8, 4) is 0 Å². The molecule has 1 aromatic heterocycles. The van der Waals surface area contributed by atoms with Gasteiger partial charge in [-0.3, -0.25) is 0 Å². The van der Waals surface area contributed by atoms with Gasteiger partial charge in [-0.15, -0.1) is 11.3 Å². The van der Waals surface area contributed by atoms with E-state index >= 15 is 0 Å². The lowest BCUT2D eigenvalue weighted by atomic mass is 10.3. The number of thiophene rings is 1. The number of carbonyl (C=O) groups is 1. The summed E-state index contributed by atoms with van der Waals surface area (Å²) in [5.74, 6) is 0. The van der Waals surface area contributed by atoms with Crippen LogP contribution in [0.3, 0.4) is 0 Å². The van der Waals surface area contributed by atoms with Crippen molar-refractivity contribution in [1.29, 1.82) is 0 Å². The van der Waals surface area contributed by atoms with Gasteiger partial charge in [0.05, 0.1) is 6.54 Å². The fraction of sp³-hybridized carbons (Fsp3) is 0.500. The van der Waals surface area contributed by atoms with Gasteiger partial charge in [0.2, 0.25) is 0 Å². The highest BCUT2D eigenvalue weighted by Gasteiger charge is 2.41. The summed E-state index contributed by atoms with van der Waals surface area (Å²) in [6, 6.07) is 4.49. The lowest BCUT2D eigenvalue weighted by molar-refractivity contribution is 0.133. The van der Waals surface area contributed by atoms with E-state index < -0.39 is 0 Å². The van der Waals surface area contributed by atoms with E-state index in [-0.39, 0.29) is 12.2 Å². The molecule has 1 aromatic rings. The van der Waals surface area contributed by atoms with Gasteiger partial charge in [0, 0.05) is 10.9 Å². The van der Waals surface area contributed by atoms with Crippen LogP contribution >= 0.6 is 11.3 Å². The maximum atomic E-state index is 11.5. The topological polar surface area (TPSA) is 29.5 Å². The third kappa shape index (κ3) is 1.30. The molecule has 0 radical (unpaired) electrons. The van der Waals surface area contributed by atoms with Gasteiger partial charge in [0.1, 0.15) is 0 Å². The van der Waals surface area contributed by atoms with Crippen LogP contribution in [-0.4, -0.2) is 23.6 Å². The Labute approximate surface area is 86.3 Å². The molecule has 0 spiro atoms. The van der Waals surface area contributed by atoms with Gasteiger partial charge in [-0.25, -0.2) is 4.79 Å². The molecule has 3 nitrogen and oxygen atoms in total. The van der Waals surface area contributed by atoms with Crippen molar-refractivity contribution in [3.63, 3.8) is 0 Å². The summed E-state index contributed by atoms with van der Waals surface area (Å²) in [6.45, 7) is 0.740. The Morgan fingerprint density at radius 1 is 1.50 bits per heavy atom. The minimum atomic E-state index is -0.133. The van der Waals surface area contributed by atoms with Gasteiger partial charge < -0.3 is 9.64 Å². The van der Waals surface area contributed by atoms with E-state index in [4.69, 9.17) is 4.74 Å². The molecule has 1 saturated heterocycles. The number of cyclic esters (lactones) is 1. The van der Waals surface area contributed by atoms with Crippen LogP contribution in [0.15, 0.2) is 17.5 Å². The quantitative estimate of drug-likeness (QED) is 0.748. The zero-order chi connectivity index (χ0) is 9.54. The average molecular weight is 209 g/mol. The number of ether oxygens (including phenoxy) is 1. The van der Waals surface area contributed by atoms with E-state index in [0.29, 0.717) is 6.04 Å². The fourth-order valence-corrected chi connectivity index (χ4v) is 2.53. The van der Waals surface area contributed by atoms with Gasteiger partial charge in [0.15, 0.2) is 6.10 Å². The van der Waals surface area contributed by atoms with Crippen molar-refractivity contribution in [2.24, 2.45) is 0 Å². The van der Waals surface area contributed by atoms with E-state index in [1.165, 1.54) is 0 Å². The van der Waals surface area contributed by atoms with Gasteiger partial charge >= 0.3 is 6.09 Å². The lowest BCUT2D eigenvalue weighted by Crippen LogP contribution is -2.26. The molecular weight excluding hydrogens is 198 g/mol. The monoisotopic (exact) mass is 209 g/mol. The Kier molecular flexibility index (Phi) is 1.77. The first-order chi connectivity index (χ1) is 6.84. The SMILES string of the molecule is O=C1OC(c2cccs2)CN1C1CC1. The molecule has 2 fully saturated rings. The van der Waals surface area contributed by atoms with Crippen molar-refractivity contribution in [1.82, 2.24) is 4.90 Å². The summed E-state index contributed by atoms with van der Waals surface area (Å²) in [4.78, 5) is 14.5. The Balaban J connectivity index is 1.76. The van der Waals surface area contributed by atoms with Gasteiger partial charge in [-0.05, 0) is 24.3 Å². The molecule has 1 atom stereocenters. The molecule has 1 aliphatic heterocycles. The van der Waals surface area contributed by atoms with E-state index in [2.05, 4.69) is 0 Å². The highest BCUT2D eigenvalue weighted by Crippen LogP contribution is 2.36. The van der Waals surface area contributed by atoms with Crippen LogP contribution in [0.1, 0.15) is 23.8 Å². The molecule has 2 heterocycles. The molecular formula is C10H11NO2S. The van der Waals surface area contributed by atoms with Crippen LogP contribution in [0.5, 0.6) is 0 Å². The van der Waals surface area contributed by atoms with Crippen molar-refractivity contribution >= 4 is 17.4 Å². The van der Waals surface area contributed by atoms with Gasteiger partial charge in [-0.1, -0.05) is 6.07 Å². The fourth-order valence-electron chi connectivity index (χ4n) is 1.79. The van der Waals surface area contributed by atoms with Crippen molar-refractivity contribution in [2.75, 3.05) is 6.54 Å². The van der Waals surface area contributed by atoms with Crippen molar-refractivity contribution in [2.45, 2.75) is 25.0 Å². The number of rotatable bonds is 2. The van der Waals surface area contributed by atoms with E-state index in [1.807, 2.05) is 22.4 Å². The predicted octanol–water partition coefficient (Wildman–Crippen LogP) is 2.40. The van der Waals surface area contributed by atoms with Crippen LogP contribution in [0.2, 0.25) is 0 Å². The highest BCUT2D eigenvalue weighted by molar-refractivity contribution is 7.10. The van der Waals surface area contributed by atoms with Crippen LogP contribution in [0.25, 0.3) is 0 Å². The molecule has 3 rings (SSSR count). The molecule has 0 bridgehead atoms. The average Bonchev–Trinajstić information content (AvgIpc) is 2.75. The zero-order valence-corrected chi connectivity index (χ0v) is 8.50. The summed E-state index contributed by atoms with van der Waals surface area (Å²) in [5, 5.41) is 2.02. The van der Waals surface area contributed by atoms with Crippen molar-refractivity contribution in [3.05, 3.63) is 22.4 Å². The molecule has 1 aliphatic carbocycles. The maximum Gasteiger partial charge on any atom is 0.410 e. The van der Waals surface area contributed by atoms with Crippen LogP contribution < -0.4 is 0 Å². The summed E-state index contributed by atoms with van der Waals surface area (Å²) in [5.41, 5.74) is 0. The predicted molar refractivity (Wildman–Crippen MR) is 53.3 cm³/mol. The van der Waals surface area contributed by atoms with Gasteiger partial charge in [0.25, 0.3) is 0 Å². The zero-order valence-electron chi connectivity index (χ0n) is 7.68. The maximum absolute atomic E-state index is 11.5. The lowest BCUT2D eigenvalue weighted by Gasteiger charge is -2.09. The largest absolute Gasteiger partial charge is 0.438 e. The molecule has 2 aliphatic rings. The number of amides is 1. The molecule has 1 saturated carbocycles. The second-order valence-corrected chi connectivity index (χ2v) is 4.75. The Hall–Kier alpha value is -1.03. The van der Waals surface area contributed by atoms with Crippen LogP contribution in [-0.2, 0) is 4.74 Å². The number of hydrogen-bond acceptors (Lipinski definition) is 3. The van der Waals surface area contributed by atoms with E-state index in [0.717, 1.165) is 24.3 Å². The molecule has 1 unspecified atom stereocenters. The summed E-state index contributed by atoms with van der Waals surface area (Å²) >= 11 is 1.65. The van der Waals surface area contributed by atoms with Crippen molar-refractivity contribution < 1.29 is 9.53 Å². The minimum Gasteiger partial charge on any atom is -0.438 e. The normalized spacial score (nSPS) is 26.7. The summed E-state index contributed by atoms with van der Waals surface area (Å²) in [6.07, 6.45) is 2.13. The highest BCUT2D eigenvalue weighted by atomic mass is 32.1. The molecule has 0 aromatic carbocycles. The first kappa shape index (κ1) is 8.29. The van der Waals surface area contributed by atoms with E-state index in [9.17, 15) is 4.79 Å². The standard InChI is InChI=1S/C10H11NO2S/c12-10-11(7-3-4-7)6-8(13-10)9-2-1-5-14-9/h1-2,5,7-8H,3-4,6H2. The van der Waals surface area contributed by atoms with E-state index in [1.54, 1.807) is 11.3 Å². The second kappa shape index (κ2) is 2.98. The first-order valence-corrected chi connectivity index (χ1v) is 5.73. The molecule has 1 amide bonds. The van der Waals surface area contributed by atoms with Gasteiger partial charge in [-0.2, -0.15) is 0 Å². The Morgan fingerprint density at radius 2 is 2.36 bits per heavy atom. The smallest absolute Gasteiger partial charge is 0.410 e. The third-order valence-corrected chi connectivity index (χ3v) is 3.65. The Morgan fingerprint density at radius 3 is 3.00 bits per heavy atom. The molecule has 14 heavy (non-hydrogen) atoms. The molecule has 0 N–H and O–H groups in total. The third-order valence-electron chi connectivity index (χ3n) is 2.69. The summed E-state index contributed by atoms with van der Waals surface area (Å²) in [7, 11) is 0. The second-order valence-electron chi connectivity index (χ2n) is 3.77. The number of carbonyl (C=O) groups excluding carboxylic acids is 1. The molecule has 4 heteroatoms. The Bertz CT molecular complexity index is 345. The number of nitrogens with zero attached hydrogens (tertiary/aromatic N) is 1. The first-order valence-electron chi connectivity index (χ1n) is 4.85. The van der Waals surface area contributed by atoms with Crippen LogP contribution in [0, 0.1) is 0 Å². The van der Waals surface area contributed by atoms with Crippen LogP contribution in [0.4, 0.5) is 4.79 Å². The number of hydrogen-bond donors (Lipinski definition) is 0. The summed E-state index contributed by atoms with van der Waals surface area (Å²) < 4.78 is 5.32.